The number of hydrogen-bond acceptors (Lipinski definition) is 3. The first-order valence-corrected chi connectivity index (χ1v) is 6.30. The Morgan fingerprint density at radius 3 is 3.29 bits per heavy atom. The van der Waals surface area contributed by atoms with E-state index in [0.29, 0.717) is 5.37 Å². The fourth-order valence-electron chi connectivity index (χ4n) is 1.74. The van der Waals surface area contributed by atoms with Gasteiger partial charge in [0.25, 0.3) is 0 Å². The minimum atomic E-state index is 0.585. The van der Waals surface area contributed by atoms with Crippen molar-refractivity contribution >= 4 is 11.8 Å². The third-order valence-electron chi connectivity index (χ3n) is 2.53. The van der Waals surface area contributed by atoms with Gasteiger partial charge in [0.2, 0.25) is 0 Å². The van der Waals surface area contributed by atoms with Crippen LogP contribution in [0.1, 0.15) is 30.2 Å². The second-order valence-corrected chi connectivity index (χ2v) is 4.97. The zero-order valence-corrected chi connectivity index (χ0v) is 9.17. The highest BCUT2D eigenvalue weighted by molar-refractivity contribution is 7.99. The summed E-state index contributed by atoms with van der Waals surface area (Å²) >= 11 is 2.01. The van der Waals surface area contributed by atoms with Gasteiger partial charge < -0.3 is 5.73 Å². The largest absolute Gasteiger partial charge is 0.330 e. The van der Waals surface area contributed by atoms with E-state index in [-0.39, 0.29) is 0 Å². The quantitative estimate of drug-likeness (QED) is 0.826. The Kier molecular flexibility index (Phi) is 3.48. The molecule has 78 valence electrons. The van der Waals surface area contributed by atoms with Gasteiger partial charge in [-0.3, -0.25) is 4.68 Å². The van der Waals surface area contributed by atoms with E-state index in [1.165, 1.54) is 24.2 Å². The number of thioether (sulfide) groups is 1. The van der Waals surface area contributed by atoms with Crippen molar-refractivity contribution < 1.29 is 0 Å². The van der Waals surface area contributed by atoms with E-state index in [9.17, 15) is 0 Å². The maximum Gasteiger partial charge on any atom is 0.0970 e. The van der Waals surface area contributed by atoms with Crippen molar-refractivity contribution in [2.75, 3.05) is 12.3 Å². The Morgan fingerprint density at radius 2 is 2.57 bits per heavy atom. The van der Waals surface area contributed by atoms with Gasteiger partial charge in [-0.15, -0.1) is 11.8 Å². The van der Waals surface area contributed by atoms with Crippen LogP contribution >= 0.6 is 11.8 Å². The Labute approximate surface area is 89.1 Å². The van der Waals surface area contributed by atoms with Crippen LogP contribution < -0.4 is 5.73 Å². The molecule has 3 nitrogen and oxygen atoms in total. The van der Waals surface area contributed by atoms with Crippen LogP contribution in [0.4, 0.5) is 0 Å². The number of nitrogens with two attached hydrogens (primary N) is 1. The van der Waals surface area contributed by atoms with E-state index in [2.05, 4.69) is 16.0 Å². The zero-order valence-electron chi connectivity index (χ0n) is 8.35. The van der Waals surface area contributed by atoms with E-state index in [1.54, 1.807) is 0 Å². The lowest BCUT2D eigenvalue weighted by Gasteiger charge is -2.07. The monoisotopic (exact) mass is 211 g/mol. The molecule has 0 saturated carbocycles. The molecular weight excluding hydrogens is 194 g/mol. The third-order valence-corrected chi connectivity index (χ3v) is 3.89. The van der Waals surface area contributed by atoms with Crippen LogP contribution in [0.3, 0.4) is 0 Å². The summed E-state index contributed by atoms with van der Waals surface area (Å²) in [7, 11) is 0. The highest BCUT2D eigenvalue weighted by Gasteiger charge is 2.17. The summed E-state index contributed by atoms with van der Waals surface area (Å²) in [4.78, 5) is 0. The van der Waals surface area contributed by atoms with Crippen LogP contribution in [-0.2, 0) is 6.42 Å². The first-order valence-electron chi connectivity index (χ1n) is 5.25. The molecule has 0 radical (unpaired) electrons. The molecule has 1 saturated heterocycles. The predicted molar refractivity (Wildman–Crippen MR) is 60.3 cm³/mol. The highest BCUT2D eigenvalue weighted by atomic mass is 32.2. The molecule has 0 bridgehead atoms. The molecule has 1 aromatic heterocycles. The molecule has 14 heavy (non-hydrogen) atoms. The number of aromatic nitrogens is 2. The summed E-state index contributed by atoms with van der Waals surface area (Å²) < 4.78 is 2.11. The standard InChI is InChI=1S/C10H17N3S/c11-5-1-3-9-7-12-13(8-9)10-4-2-6-14-10/h7-8,10H,1-6,11H2. The Hall–Kier alpha value is -0.480. The maximum absolute atomic E-state index is 5.47. The van der Waals surface area contributed by atoms with Gasteiger partial charge in [0.1, 0.15) is 0 Å². The molecule has 1 aromatic rings. The molecule has 0 aromatic carbocycles. The Morgan fingerprint density at radius 1 is 1.64 bits per heavy atom. The fourth-order valence-corrected chi connectivity index (χ4v) is 2.95. The first-order chi connectivity index (χ1) is 6.90. The maximum atomic E-state index is 5.47. The van der Waals surface area contributed by atoms with Gasteiger partial charge in [-0.25, -0.2) is 0 Å². The fraction of sp³-hybridized carbons (Fsp3) is 0.700. The summed E-state index contributed by atoms with van der Waals surface area (Å²) in [5.74, 6) is 1.28. The SMILES string of the molecule is NCCCc1cnn(C2CCCS2)c1. The summed E-state index contributed by atoms with van der Waals surface area (Å²) in [6, 6.07) is 0. The van der Waals surface area contributed by atoms with Crippen molar-refractivity contribution in [2.24, 2.45) is 5.73 Å². The van der Waals surface area contributed by atoms with Crippen LogP contribution in [0, 0.1) is 0 Å². The lowest BCUT2D eigenvalue weighted by molar-refractivity contribution is 0.577. The molecule has 1 aliphatic heterocycles. The van der Waals surface area contributed by atoms with E-state index >= 15 is 0 Å². The highest BCUT2D eigenvalue weighted by Crippen LogP contribution is 2.34. The molecule has 1 unspecified atom stereocenters. The van der Waals surface area contributed by atoms with Gasteiger partial charge in [0.15, 0.2) is 0 Å². The minimum Gasteiger partial charge on any atom is -0.330 e. The second kappa shape index (κ2) is 4.84. The van der Waals surface area contributed by atoms with Gasteiger partial charge >= 0.3 is 0 Å². The smallest absolute Gasteiger partial charge is 0.0970 e. The molecule has 1 fully saturated rings. The van der Waals surface area contributed by atoms with E-state index in [1.807, 2.05) is 18.0 Å². The average Bonchev–Trinajstić information content (AvgIpc) is 2.85. The molecule has 1 atom stereocenters. The predicted octanol–water partition coefficient (Wildman–Crippen LogP) is 1.80. The summed E-state index contributed by atoms with van der Waals surface area (Å²) in [5.41, 5.74) is 6.80. The Balaban J connectivity index is 1.94. The van der Waals surface area contributed by atoms with Crippen LogP contribution in [0.25, 0.3) is 0 Å². The number of aryl methyl sites for hydroxylation is 1. The molecule has 2 N–H and O–H groups in total. The van der Waals surface area contributed by atoms with E-state index in [0.717, 1.165) is 19.4 Å². The lowest BCUT2D eigenvalue weighted by atomic mass is 10.2. The molecule has 1 aliphatic rings. The van der Waals surface area contributed by atoms with Gasteiger partial charge in [-0.05, 0) is 43.5 Å². The van der Waals surface area contributed by atoms with E-state index in [4.69, 9.17) is 5.73 Å². The van der Waals surface area contributed by atoms with Crippen LogP contribution in [0.5, 0.6) is 0 Å². The summed E-state index contributed by atoms with van der Waals surface area (Å²) in [5, 5.41) is 4.99. The van der Waals surface area contributed by atoms with Crippen molar-refractivity contribution in [1.29, 1.82) is 0 Å². The van der Waals surface area contributed by atoms with Crippen molar-refractivity contribution in [3.05, 3.63) is 18.0 Å². The molecule has 0 aliphatic carbocycles. The molecule has 0 spiro atoms. The van der Waals surface area contributed by atoms with Crippen molar-refractivity contribution in [3.8, 4) is 0 Å². The molecular formula is C10H17N3S. The topological polar surface area (TPSA) is 43.8 Å². The van der Waals surface area contributed by atoms with E-state index < -0.39 is 0 Å². The minimum absolute atomic E-state index is 0.585. The van der Waals surface area contributed by atoms with Crippen LogP contribution in [0.15, 0.2) is 12.4 Å². The summed E-state index contributed by atoms with van der Waals surface area (Å²) in [6.07, 6.45) is 8.88. The molecule has 0 amide bonds. The van der Waals surface area contributed by atoms with Crippen molar-refractivity contribution in [1.82, 2.24) is 9.78 Å². The van der Waals surface area contributed by atoms with Gasteiger partial charge in [-0.1, -0.05) is 0 Å². The Bertz CT molecular complexity index is 279. The summed E-state index contributed by atoms with van der Waals surface area (Å²) in [6.45, 7) is 0.767. The van der Waals surface area contributed by atoms with Gasteiger partial charge in [0, 0.05) is 6.20 Å². The lowest BCUT2D eigenvalue weighted by Crippen LogP contribution is -2.02. The van der Waals surface area contributed by atoms with Crippen molar-refractivity contribution in [2.45, 2.75) is 31.1 Å². The normalized spacial score (nSPS) is 21.6. The number of nitrogens with zero attached hydrogens (tertiary/aromatic N) is 2. The molecule has 2 heterocycles. The van der Waals surface area contributed by atoms with Gasteiger partial charge in [0.05, 0.1) is 11.6 Å². The number of hydrogen-bond donors (Lipinski definition) is 1. The molecule has 4 heteroatoms. The average molecular weight is 211 g/mol. The molecule has 2 rings (SSSR count). The van der Waals surface area contributed by atoms with Crippen molar-refractivity contribution in [3.63, 3.8) is 0 Å². The van der Waals surface area contributed by atoms with Crippen LogP contribution in [-0.4, -0.2) is 22.1 Å². The second-order valence-electron chi connectivity index (χ2n) is 3.69. The number of rotatable bonds is 4. The zero-order chi connectivity index (χ0) is 9.80. The van der Waals surface area contributed by atoms with Crippen LogP contribution in [0.2, 0.25) is 0 Å². The van der Waals surface area contributed by atoms with Gasteiger partial charge in [-0.2, -0.15) is 5.10 Å². The first kappa shape index (κ1) is 10.1. The third kappa shape index (κ3) is 2.30.